The van der Waals surface area contributed by atoms with Crippen LogP contribution in [0.15, 0.2) is 84.9 Å². The van der Waals surface area contributed by atoms with E-state index in [0.29, 0.717) is 53.1 Å². The average Bonchev–Trinajstić information content (AvgIpc) is 3.53. The quantitative estimate of drug-likeness (QED) is 0.133. The van der Waals surface area contributed by atoms with Gasteiger partial charge in [0.15, 0.2) is 0 Å². The van der Waals surface area contributed by atoms with Crippen LogP contribution in [0.25, 0.3) is 22.3 Å². The normalized spacial score (nSPS) is 23.2. The monoisotopic (exact) mass is 692 g/mol. The van der Waals surface area contributed by atoms with Crippen LogP contribution in [0.1, 0.15) is 37.8 Å². The number of benzene rings is 4. The van der Waals surface area contributed by atoms with Crippen LogP contribution < -0.4 is 10.6 Å². The number of halogens is 4. The lowest BCUT2D eigenvalue weighted by molar-refractivity contribution is -0.132. The number of nitrogens with one attached hydrogen (secondary N) is 2. The van der Waals surface area contributed by atoms with Crippen molar-refractivity contribution in [3.63, 3.8) is 0 Å². The molecule has 0 radical (unpaired) electrons. The van der Waals surface area contributed by atoms with E-state index >= 15 is 0 Å². The molecule has 10 heteroatoms. The zero-order valence-electron chi connectivity index (χ0n) is 26.5. The fourth-order valence-corrected chi connectivity index (χ4v) is 6.53. The molecule has 250 valence electrons. The van der Waals surface area contributed by atoms with Crippen LogP contribution in [-0.4, -0.2) is 41.9 Å². The molecule has 2 aliphatic heterocycles. The Kier molecular flexibility index (Phi) is 10.7. The molecule has 6 nitrogen and oxygen atoms in total. The van der Waals surface area contributed by atoms with Crippen molar-refractivity contribution in [2.75, 3.05) is 6.61 Å². The van der Waals surface area contributed by atoms with E-state index in [4.69, 9.17) is 23.2 Å². The Morgan fingerprint density at radius 3 is 1.56 bits per heavy atom. The number of amides is 2. The summed E-state index contributed by atoms with van der Waals surface area (Å²) >= 11 is 11.9. The Bertz CT molecular complexity index is 1820. The zero-order valence-corrected chi connectivity index (χ0v) is 28.0. The molecule has 48 heavy (non-hydrogen) atoms. The van der Waals surface area contributed by atoms with Crippen LogP contribution in [0.4, 0.5) is 8.78 Å². The Labute approximate surface area is 288 Å². The molecular formula is C38H36Cl2F2N2O4. The molecule has 2 fully saturated rings. The molecule has 0 bridgehead atoms. The SMILES string of the molecule is C[C@@]1(C=O)C[C@@H](Cc2ccc(-c3cc(Cl)ccc3F)cc2)NC1=O.C[C@@]1(CO)C[C@@H](Cc2ccc(-c3cc(Cl)ccc3F)cc2)NC1=O. The third kappa shape index (κ3) is 7.95. The van der Waals surface area contributed by atoms with Gasteiger partial charge < -0.3 is 20.5 Å². The van der Waals surface area contributed by atoms with E-state index in [0.717, 1.165) is 22.3 Å². The van der Waals surface area contributed by atoms with Crippen molar-refractivity contribution >= 4 is 41.3 Å². The summed E-state index contributed by atoms with van der Waals surface area (Å²) in [6, 6.07) is 23.9. The Hall–Kier alpha value is -4.11. The molecule has 4 atom stereocenters. The zero-order chi connectivity index (χ0) is 34.6. The average molecular weight is 694 g/mol. The second-order valence-electron chi connectivity index (χ2n) is 13.1. The summed E-state index contributed by atoms with van der Waals surface area (Å²) < 4.78 is 27.8. The predicted octanol–water partition coefficient (Wildman–Crippen LogP) is 7.36. The van der Waals surface area contributed by atoms with Crippen LogP contribution in [0.5, 0.6) is 0 Å². The third-order valence-corrected chi connectivity index (χ3v) is 9.53. The number of carbonyl (C=O) groups is 3. The molecule has 0 saturated carbocycles. The van der Waals surface area contributed by atoms with Gasteiger partial charge in [0.05, 0.1) is 12.0 Å². The van der Waals surface area contributed by atoms with Crippen molar-refractivity contribution in [1.82, 2.24) is 10.6 Å². The molecule has 0 unspecified atom stereocenters. The highest BCUT2D eigenvalue weighted by Crippen LogP contribution is 2.32. The van der Waals surface area contributed by atoms with Gasteiger partial charge >= 0.3 is 0 Å². The van der Waals surface area contributed by atoms with Crippen molar-refractivity contribution in [3.05, 3.63) is 118 Å². The molecule has 2 amide bonds. The van der Waals surface area contributed by atoms with E-state index in [1.807, 2.05) is 48.5 Å². The highest BCUT2D eigenvalue weighted by molar-refractivity contribution is 6.31. The molecule has 4 aromatic rings. The van der Waals surface area contributed by atoms with E-state index in [1.165, 1.54) is 24.3 Å². The van der Waals surface area contributed by atoms with E-state index in [1.54, 1.807) is 26.0 Å². The van der Waals surface area contributed by atoms with Crippen molar-refractivity contribution in [2.45, 2.75) is 51.6 Å². The fraction of sp³-hybridized carbons (Fsp3) is 0.289. The molecule has 6 rings (SSSR count). The summed E-state index contributed by atoms with van der Waals surface area (Å²) in [5.74, 6) is -0.960. The van der Waals surface area contributed by atoms with Gasteiger partial charge in [-0.3, -0.25) is 9.59 Å². The summed E-state index contributed by atoms with van der Waals surface area (Å²) in [6.07, 6.45) is 3.12. The molecule has 2 aliphatic rings. The minimum absolute atomic E-state index is 0.00315. The lowest BCUT2D eigenvalue weighted by Gasteiger charge is -2.16. The van der Waals surface area contributed by atoms with Crippen LogP contribution >= 0.6 is 23.2 Å². The van der Waals surface area contributed by atoms with Gasteiger partial charge in [0.25, 0.3) is 0 Å². The number of carbonyl (C=O) groups excluding carboxylic acids is 3. The first-order valence-electron chi connectivity index (χ1n) is 15.6. The van der Waals surface area contributed by atoms with Gasteiger partial charge in [-0.25, -0.2) is 8.78 Å². The number of aliphatic hydroxyl groups excluding tert-OH is 1. The number of rotatable bonds is 8. The summed E-state index contributed by atoms with van der Waals surface area (Å²) in [7, 11) is 0. The van der Waals surface area contributed by atoms with E-state index in [9.17, 15) is 28.3 Å². The molecule has 2 heterocycles. The molecular weight excluding hydrogens is 657 g/mol. The van der Waals surface area contributed by atoms with Crippen molar-refractivity contribution in [1.29, 1.82) is 0 Å². The maximum atomic E-state index is 13.9. The van der Waals surface area contributed by atoms with Gasteiger partial charge in [0.2, 0.25) is 11.8 Å². The Morgan fingerprint density at radius 1 is 0.729 bits per heavy atom. The van der Waals surface area contributed by atoms with Gasteiger partial charge in [-0.2, -0.15) is 0 Å². The van der Waals surface area contributed by atoms with Crippen molar-refractivity contribution in [3.8, 4) is 22.3 Å². The minimum atomic E-state index is -0.936. The lowest BCUT2D eigenvalue weighted by Crippen LogP contribution is -2.32. The number of aldehydes is 1. The number of hydrogen-bond acceptors (Lipinski definition) is 4. The molecule has 0 spiro atoms. The van der Waals surface area contributed by atoms with E-state index in [2.05, 4.69) is 10.6 Å². The second kappa shape index (κ2) is 14.6. The van der Waals surface area contributed by atoms with E-state index < -0.39 is 10.8 Å². The minimum Gasteiger partial charge on any atom is -0.395 e. The summed E-state index contributed by atoms with van der Waals surface area (Å²) in [5.41, 5.74) is 2.85. The predicted molar refractivity (Wildman–Crippen MR) is 184 cm³/mol. The van der Waals surface area contributed by atoms with Gasteiger partial charge in [-0.1, -0.05) is 71.7 Å². The highest BCUT2D eigenvalue weighted by atomic mass is 35.5. The van der Waals surface area contributed by atoms with E-state index in [-0.39, 0.29) is 42.1 Å². The number of hydrogen-bond donors (Lipinski definition) is 3. The van der Waals surface area contributed by atoms with Gasteiger partial charge in [-0.15, -0.1) is 0 Å². The second-order valence-corrected chi connectivity index (χ2v) is 13.9. The van der Waals surface area contributed by atoms with Gasteiger partial charge in [0.1, 0.15) is 23.3 Å². The lowest BCUT2D eigenvalue weighted by atomic mass is 9.87. The first-order valence-corrected chi connectivity index (χ1v) is 16.4. The standard InChI is InChI=1S/C19H19ClFNO2.C19H17ClFNO2/c2*1-19(11-23)10-15(22-18(19)24)8-12-2-4-13(5-3-12)16-9-14(20)6-7-17(16)21/h2-7,9,15,23H,8,10-11H2,1H3,(H,22,24);2-7,9,11,15H,8,10H2,1H3,(H,22,24)/t2*15-,19+/m11/s1. The maximum absolute atomic E-state index is 13.9. The highest BCUT2D eigenvalue weighted by Gasteiger charge is 2.43. The molecule has 0 aromatic heterocycles. The Morgan fingerprint density at radius 2 is 1.17 bits per heavy atom. The van der Waals surface area contributed by atoms with Gasteiger partial charge in [-0.05, 0) is 98.2 Å². The van der Waals surface area contributed by atoms with Crippen LogP contribution in [0.3, 0.4) is 0 Å². The van der Waals surface area contributed by atoms with Crippen molar-refractivity contribution < 1.29 is 28.3 Å². The Balaban J connectivity index is 0.000000188. The summed E-state index contributed by atoms with van der Waals surface area (Å²) in [6.45, 7) is 3.27. The maximum Gasteiger partial charge on any atom is 0.233 e. The van der Waals surface area contributed by atoms with Crippen LogP contribution in [0.2, 0.25) is 10.0 Å². The van der Waals surface area contributed by atoms with Gasteiger partial charge in [0, 0.05) is 33.3 Å². The molecule has 2 saturated heterocycles. The van der Waals surface area contributed by atoms with Crippen LogP contribution in [0, 0.1) is 22.5 Å². The third-order valence-electron chi connectivity index (χ3n) is 9.06. The van der Waals surface area contributed by atoms with Crippen LogP contribution in [-0.2, 0) is 27.2 Å². The molecule has 3 N–H and O–H groups in total. The topological polar surface area (TPSA) is 95.5 Å². The first kappa shape index (κ1) is 35.2. The largest absolute Gasteiger partial charge is 0.395 e. The smallest absolute Gasteiger partial charge is 0.233 e. The fourth-order valence-electron chi connectivity index (χ4n) is 6.18. The summed E-state index contributed by atoms with van der Waals surface area (Å²) in [4.78, 5) is 34.8. The van der Waals surface area contributed by atoms with Crippen molar-refractivity contribution in [2.24, 2.45) is 10.8 Å². The molecule has 4 aromatic carbocycles. The molecule has 0 aliphatic carbocycles. The summed E-state index contributed by atoms with van der Waals surface area (Å²) in [5, 5.41) is 16.1. The number of aliphatic hydroxyl groups is 1. The first-order chi connectivity index (χ1) is 22.8.